The summed E-state index contributed by atoms with van der Waals surface area (Å²) in [6.45, 7) is 2.21. The van der Waals surface area contributed by atoms with Gasteiger partial charge in [-0.1, -0.05) is 24.4 Å². The second-order valence-corrected chi connectivity index (χ2v) is 5.60. The molecule has 0 N–H and O–H groups in total. The molecule has 0 bridgehead atoms. The third-order valence-electron chi connectivity index (χ3n) is 4.24. The Morgan fingerprint density at radius 2 is 2.11 bits per heavy atom. The SMILES string of the molecule is CCOC(=O)C1(c2nc(C3CCCCC3)no2)CC1. The van der Waals surface area contributed by atoms with Crippen LogP contribution in [0.1, 0.15) is 69.5 Å². The lowest BCUT2D eigenvalue weighted by Gasteiger charge is -2.17. The second-order valence-electron chi connectivity index (χ2n) is 5.60. The van der Waals surface area contributed by atoms with E-state index in [1.807, 2.05) is 6.92 Å². The molecule has 0 aliphatic heterocycles. The molecule has 3 rings (SSSR count). The number of rotatable bonds is 4. The van der Waals surface area contributed by atoms with E-state index in [0.717, 1.165) is 31.5 Å². The molecule has 5 nitrogen and oxygen atoms in total. The first-order chi connectivity index (χ1) is 9.26. The van der Waals surface area contributed by atoms with Gasteiger partial charge in [0, 0.05) is 5.92 Å². The molecule has 2 aliphatic carbocycles. The first-order valence-corrected chi connectivity index (χ1v) is 7.27. The van der Waals surface area contributed by atoms with E-state index in [1.165, 1.54) is 19.3 Å². The highest BCUT2D eigenvalue weighted by Gasteiger charge is 2.57. The third-order valence-corrected chi connectivity index (χ3v) is 4.24. The monoisotopic (exact) mass is 264 g/mol. The Hall–Kier alpha value is -1.39. The van der Waals surface area contributed by atoms with Crippen molar-refractivity contribution in [3.8, 4) is 0 Å². The summed E-state index contributed by atoms with van der Waals surface area (Å²) in [5.74, 6) is 1.44. The molecule has 0 unspecified atom stereocenters. The van der Waals surface area contributed by atoms with E-state index < -0.39 is 5.41 Å². The van der Waals surface area contributed by atoms with Crippen LogP contribution < -0.4 is 0 Å². The summed E-state index contributed by atoms with van der Waals surface area (Å²) in [4.78, 5) is 16.5. The molecule has 2 saturated carbocycles. The maximum absolute atomic E-state index is 12.0. The fraction of sp³-hybridized carbons (Fsp3) is 0.786. The minimum absolute atomic E-state index is 0.214. The van der Waals surface area contributed by atoms with Crippen molar-refractivity contribution in [1.29, 1.82) is 0 Å². The fourth-order valence-electron chi connectivity index (χ4n) is 2.86. The fourth-order valence-corrected chi connectivity index (χ4v) is 2.86. The van der Waals surface area contributed by atoms with Crippen molar-refractivity contribution in [2.45, 2.75) is 63.2 Å². The summed E-state index contributed by atoms with van der Waals surface area (Å²) in [5.41, 5.74) is -0.629. The Bertz CT molecular complexity index is 459. The van der Waals surface area contributed by atoms with Gasteiger partial charge in [-0.15, -0.1) is 0 Å². The van der Waals surface area contributed by atoms with Crippen molar-refractivity contribution in [3.63, 3.8) is 0 Å². The van der Waals surface area contributed by atoms with Gasteiger partial charge in [-0.25, -0.2) is 0 Å². The van der Waals surface area contributed by atoms with Crippen molar-refractivity contribution in [3.05, 3.63) is 11.7 Å². The van der Waals surface area contributed by atoms with Crippen molar-refractivity contribution in [2.24, 2.45) is 0 Å². The number of aromatic nitrogens is 2. The molecule has 0 radical (unpaired) electrons. The highest BCUT2D eigenvalue weighted by atomic mass is 16.5. The van der Waals surface area contributed by atoms with Gasteiger partial charge in [0.15, 0.2) is 5.82 Å². The summed E-state index contributed by atoms with van der Waals surface area (Å²) in [6, 6.07) is 0. The second kappa shape index (κ2) is 4.94. The largest absolute Gasteiger partial charge is 0.465 e. The van der Waals surface area contributed by atoms with Gasteiger partial charge in [-0.3, -0.25) is 4.79 Å². The van der Waals surface area contributed by atoms with E-state index in [4.69, 9.17) is 9.26 Å². The molecule has 1 heterocycles. The average molecular weight is 264 g/mol. The van der Waals surface area contributed by atoms with E-state index >= 15 is 0 Å². The first kappa shape index (κ1) is 12.6. The van der Waals surface area contributed by atoms with E-state index in [-0.39, 0.29) is 5.97 Å². The predicted molar refractivity (Wildman–Crippen MR) is 67.7 cm³/mol. The molecule has 1 aromatic heterocycles. The number of hydrogen-bond donors (Lipinski definition) is 0. The quantitative estimate of drug-likeness (QED) is 0.782. The molecule has 0 amide bonds. The topological polar surface area (TPSA) is 65.2 Å². The van der Waals surface area contributed by atoms with Crippen LogP contribution in [0.4, 0.5) is 0 Å². The zero-order chi connectivity index (χ0) is 13.3. The average Bonchev–Trinajstić information content (AvgIpc) is 3.11. The van der Waals surface area contributed by atoms with E-state index in [2.05, 4.69) is 10.1 Å². The predicted octanol–water partition coefficient (Wildman–Crippen LogP) is 2.71. The molecule has 5 heteroatoms. The smallest absolute Gasteiger partial charge is 0.321 e. The maximum atomic E-state index is 12.0. The Balaban J connectivity index is 1.75. The molecule has 0 saturated heterocycles. The number of nitrogens with zero attached hydrogens (tertiary/aromatic N) is 2. The molecular formula is C14H20N2O3. The normalized spacial score (nSPS) is 22.2. The molecule has 2 fully saturated rings. The summed E-state index contributed by atoms with van der Waals surface area (Å²) in [7, 11) is 0. The number of ether oxygens (including phenoxy) is 1. The van der Waals surface area contributed by atoms with Crippen LogP contribution in [0, 0.1) is 0 Å². The van der Waals surface area contributed by atoms with Gasteiger partial charge in [0.2, 0.25) is 5.89 Å². The van der Waals surface area contributed by atoms with Crippen molar-refractivity contribution in [2.75, 3.05) is 6.61 Å². The van der Waals surface area contributed by atoms with Gasteiger partial charge in [-0.2, -0.15) is 4.98 Å². The van der Waals surface area contributed by atoms with E-state index in [9.17, 15) is 4.79 Å². The summed E-state index contributed by atoms with van der Waals surface area (Å²) in [5, 5.41) is 4.09. The van der Waals surface area contributed by atoms with Crippen molar-refractivity contribution >= 4 is 5.97 Å². The molecule has 2 aliphatic rings. The lowest BCUT2D eigenvalue weighted by molar-refractivity contribution is -0.146. The first-order valence-electron chi connectivity index (χ1n) is 7.27. The molecule has 0 aromatic carbocycles. The van der Waals surface area contributed by atoms with E-state index in [0.29, 0.717) is 18.4 Å². The molecule has 0 atom stereocenters. The lowest BCUT2D eigenvalue weighted by Crippen LogP contribution is -2.23. The zero-order valence-electron chi connectivity index (χ0n) is 11.4. The summed E-state index contributed by atoms with van der Waals surface area (Å²) in [6.07, 6.45) is 7.55. The van der Waals surface area contributed by atoms with Crippen molar-refractivity contribution in [1.82, 2.24) is 10.1 Å². The molecular weight excluding hydrogens is 244 g/mol. The van der Waals surface area contributed by atoms with Crippen LogP contribution in [0.15, 0.2) is 4.52 Å². The Labute approximate surface area is 112 Å². The van der Waals surface area contributed by atoms with Gasteiger partial charge in [0.25, 0.3) is 0 Å². The van der Waals surface area contributed by atoms with Crippen LogP contribution in [0.25, 0.3) is 0 Å². The summed E-state index contributed by atoms with van der Waals surface area (Å²) >= 11 is 0. The molecule has 104 valence electrons. The van der Waals surface area contributed by atoms with Gasteiger partial charge in [-0.05, 0) is 32.6 Å². The third kappa shape index (κ3) is 2.26. The van der Waals surface area contributed by atoms with Crippen LogP contribution in [0.5, 0.6) is 0 Å². The van der Waals surface area contributed by atoms with Crippen LogP contribution in [0.3, 0.4) is 0 Å². The van der Waals surface area contributed by atoms with E-state index in [1.54, 1.807) is 0 Å². The number of hydrogen-bond acceptors (Lipinski definition) is 5. The zero-order valence-corrected chi connectivity index (χ0v) is 11.4. The molecule has 1 aromatic rings. The maximum Gasteiger partial charge on any atom is 0.321 e. The van der Waals surface area contributed by atoms with Gasteiger partial charge >= 0.3 is 5.97 Å². The van der Waals surface area contributed by atoms with Gasteiger partial charge in [0.05, 0.1) is 6.61 Å². The van der Waals surface area contributed by atoms with Crippen LogP contribution >= 0.6 is 0 Å². The Kier molecular flexibility index (Phi) is 3.29. The van der Waals surface area contributed by atoms with Crippen molar-refractivity contribution < 1.29 is 14.1 Å². The molecule has 19 heavy (non-hydrogen) atoms. The highest BCUT2D eigenvalue weighted by molar-refractivity contribution is 5.85. The minimum Gasteiger partial charge on any atom is -0.465 e. The van der Waals surface area contributed by atoms with Crippen LogP contribution in [-0.2, 0) is 14.9 Å². The highest BCUT2D eigenvalue weighted by Crippen LogP contribution is 2.49. The van der Waals surface area contributed by atoms with Gasteiger partial charge < -0.3 is 9.26 Å². The number of carbonyl (C=O) groups excluding carboxylic acids is 1. The van der Waals surface area contributed by atoms with Crippen LogP contribution in [0.2, 0.25) is 0 Å². The lowest BCUT2D eigenvalue weighted by atomic mass is 9.89. The molecule has 0 spiro atoms. The number of carbonyl (C=O) groups is 1. The van der Waals surface area contributed by atoms with Gasteiger partial charge in [0.1, 0.15) is 5.41 Å². The Morgan fingerprint density at radius 3 is 2.74 bits per heavy atom. The minimum atomic E-state index is -0.629. The summed E-state index contributed by atoms with van der Waals surface area (Å²) < 4.78 is 10.5. The van der Waals surface area contributed by atoms with Crippen LogP contribution in [-0.4, -0.2) is 22.7 Å². The Morgan fingerprint density at radius 1 is 1.37 bits per heavy atom. The number of esters is 1. The standard InChI is InChI=1S/C14H20N2O3/c1-2-18-13(17)14(8-9-14)12-15-11(16-19-12)10-6-4-3-5-7-10/h10H,2-9H2,1H3.